The van der Waals surface area contributed by atoms with E-state index in [1.807, 2.05) is 6.92 Å². The Kier molecular flexibility index (Phi) is 7.06. The highest BCUT2D eigenvalue weighted by Crippen LogP contribution is 2.23. The zero-order valence-corrected chi connectivity index (χ0v) is 15.9. The highest BCUT2D eigenvalue weighted by Gasteiger charge is 2.21. The summed E-state index contributed by atoms with van der Waals surface area (Å²) in [5.74, 6) is -0.623. The maximum Gasteiger partial charge on any atom is 0.294 e. The van der Waals surface area contributed by atoms with E-state index < -0.39 is 22.0 Å². The fourth-order valence-corrected chi connectivity index (χ4v) is 2.81. The van der Waals surface area contributed by atoms with Gasteiger partial charge in [0.15, 0.2) is 5.78 Å². The van der Waals surface area contributed by atoms with Gasteiger partial charge in [-0.15, -0.1) is 0 Å². The standard InChI is InChI=1S/C14H12O3.C7H8O3S/c15-12-9-5-4-8-11(12)14(17)13(16)10-6-2-1-3-7-10;1-6-2-4-7(5-3-6)11(8,9)10/h1-9,13,15-16H;2-5H,1H3,(H,8,9,10). The molecule has 0 saturated heterocycles. The van der Waals surface area contributed by atoms with Crippen molar-refractivity contribution in [2.45, 2.75) is 17.9 Å². The van der Waals surface area contributed by atoms with Crippen LogP contribution in [0.15, 0.2) is 83.8 Å². The Morgan fingerprint density at radius 1 is 0.857 bits per heavy atom. The second kappa shape index (κ2) is 9.27. The molecule has 1 unspecified atom stereocenters. The van der Waals surface area contributed by atoms with Crippen molar-refractivity contribution in [3.63, 3.8) is 0 Å². The largest absolute Gasteiger partial charge is 0.507 e. The van der Waals surface area contributed by atoms with Crippen LogP contribution in [-0.4, -0.2) is 29.0 Å². The number of rotatable bonds is 4. The fourth-order valence-electron chi connectivity index (χ4n) is 2.33. The molecule has 0 aliphatic carbocycles. The Labute approximate surface area is 163 Å². The first-order chi connectivity index (χ1) is 13.2. The number of benzene rings is 3. The SMILES string of the molecule is Cc1ccc(S(=O)(=O)O)cc1.O=C(c1ccccc1O)C(O)c1ccccc1. The number of hydrogen-bond donors (Lipinski definition) is 3. The van der Waals surface area contributed by atoms with Crippen molar-refractivity contribution >= 4 is 15.9 Å². The maximum absolute atomic E-state index is 12.0. The Morgan fingerprint density at radius 2 is 1.39 bits per heavy atom. The molecular weight excluding hydrogens is 380 g/mol. The Morgan fingerprint density at radius 3 is 1.93 bits per heavy atom. The van der Waals surface area contributed by atoms with E-state index in [0.717, 1.165) is 5.56 Å². The molecule has 0 aliphatic rings. The third-order valence-electron chi connectivity index (χ3n) is 3.85. The number of phenolic OH excluding ortho intramolecular Hbond substituents is 1. The number of hydrogen-bond acceptors (Lipinski definition) is 5. The molecule has 3 aromatic carbocycles. The number of Topliss-reactive ketones (excluding diaryl/α,β-unsaturated/α-hetero) is 1. The van der Waals surface area contributed by atoms with Gasteiger partial charge in [0.2, 0.25) is 0 Å². The van der Waals surface area contributed by atoms with Crippen LogP contribution >= 0.6 is 0 Å². The molecule has 0 radical (unpaired) electrons. The van der Waals surface area contributed by atoms with Gasteiger partial charge < -0.3 is 10.2 Å². The molecule has 1 atom stereocenters. The number of carbonyl (C=O) groups excluding carboxylic acids is 1. The molecule has 7 heteroatoms. The zero-order valence-electron chi connectivity index (χ0n) is 15.1. The van der Waals surface area contributed by atoms with Crippen LogP contribution in [0.25, 0.3) is 0 Å². The highest BCUT2D eigenvalue weighted by molar-refractivity contribution is 7.85. The third-order valence-corrected chi connectivity index (χ3v) is 4.72. The second-order valence-corrected chi connectivity index (χ2v) is 7.40. The third kappa shape index (κ3) is 5.75. The van der Waals surface area contributed by atoms with Crippen molar-refractivity contribution in [2.24, 2.45) is 0 Å². The van der Waals surface area contributed by atoms with Crippen LogP contribution in [0.2, 0.25) is 0 Å². The van der Waals surface area contributed by atoms with E-state index >= 15 is 0 Å². The summed E-state index contributed by atoms with van der Waals surface area (Å²) in [6.45, 7) is 1.84. The van der Waals surface area contributed by atoms with Crippen LogP contribution in [0.1, 0.15) is 27.6 Å². The predicted octanol–water partition coefficient (Wildman–Crippen LogP) is 3.55. The van der Waals surface area contributed by atoms with Crippen LogP contribution in [0.4, 0.5) is 0 Å². The lowest BCUT2D eigenvalue weighted by molar-refractivity contribution is 0.0744. The van der Waals surface area contributed by atoms with Gasteiger partial charge >= 0.3 is 0 Å². The summed E-state index contributed by atoms with van der Waals surface area (Å²) in [6.07, 6.45) is -1.25. The number of para-hydroxylation sites is 1. The van der Waals surface area contributed by atoms with Crippen molar-refractivity contribution in [3.8, 4) is 5.75 Å². The van der Waals surface area contributed by atoms with E-state index in [9.17, 15) is 23.4 Å². The van der Waals surface area contributed by atoms with Gasteiger partial charge in [-0.25, -0.2) is 0 Å². The second-order valence-electron chi connectivity index (χ2n) is 5.98. The van der Waals surface area contributed by atoms with Crippen molar-refractivity contribution in [3.05, 3.63) is 95.6 Å². The minimum absolute atomic E-state index is 0.0666. The van der Waals surface area contributed by atoms with E-state index in [0.29, 0.717) is 5.56 Å². The first kappa shape index (κ1) is 21.3. The minimum Gasteiger partial charge on any atom is -0.507 e. The molecule has 3 aromatic rings. The summed E-state index contributed by atoms with van der Waals surface area (Å²) in [5.41, 5.74) is 1.60. The maximum atomic E-state index is 12.0. The Bertz CT molecular complexity index is 1030. The Hall–Kier alpha value is -3.00. The molecular formula is C21H20O6S. The lowest BCUT2D eigenvalue weighted by Crippen LogP contribution is -2.12. The van der Waals surface area contributed by atoms with Crippen molar-refractivity contribution in [2.75, 3.05) is 0 Å². The molecule has 0 bridgehead atoms. The molecule has 146 valence electrons. The smallest absolute Gasteiger partial charge is 0.294 e. The van der Waals surface area contributed by atoms with Gasteiger partial charge in [-0.2, -0.15) is 8.42 Å². The minimum atomic E-state index is -4.02. The molecule has 0 amide bonds. The van der Waals surface area contributed by atoms with E-state index in [1.54, 1.807) is 54.6 Å². The van der Waals surface area contributed by atoms with Gasteiger partial charge in [-0.1, -0.05) is 60.2 Å². The topological polar surface area (TPSA) is 112 Å². The lowest BCUT2D eigenvalue weighted by atomic mass is 9.99. The summed E-state index contributed by atoms with van der Waals surface area (Å²) >= 11 is 0. The summed E-state index contributed by atoms with van der Waals surface area (Å²) in [5, 5.41) is 19.5. The average molecular weight is 400 g/mol. The Balaban J connectivity index is 0.000000221. The van der Waals surface area contributed by atoms with E-state index in [-0.39, 0.29) is 16.2 Å². The van der Waals surface area contributed by atoms with Gasteiger partial charge in [0.1, 0.15) is 11.9 Å². The van der Waals surface area contributed by atoms with Gasteiger partial charge in [0.25, 0.3) is 10.1 Å². The summed E-state index contributed by atoms with van der Waals surface area (Å²) in [6, 6.07) is 20.8. The monoisotopic (exact) mass is 400 g/mol. The molecule has 0 aliphatic heterocycles. The van der Waals surface area contributed by atoms with Crippen LogP contribution in [0, 0.1) is 6.92 Å². The summed E-state index contributed by atoms with van der Waals surface area (Å²) < 4.78 is 29.6. The van der Waals surface area contributed by atoms with E-state index in [2.05, 4.69) is 0 Å². The molecule has 28 heavy (non-hydrogen) atoms. The van der Waals surface area contributed by atoms with Crippen LogP contribution in [0.3, 0.4) is 0 Å². The molecule has 0 aromatic heterocycles. The molecule has 0 heterocycles. The van der Waals surface area contributed by atoms with Crippen molar-refractivity contribution in [1.82, 2.24) is 0 Å². The first-order valence-corrected chi connectivity index (χ1v) is 9.73. The van der Waals surface area contributed by atoms with Crippen LogP contribution in [0.5, 0.6) is 5.75 Å². The van der Waals surface area contributed by atoms with Gasteiger partial charge in [0.05, 0.1) is 10.5 Å². The van der Waals surface area contributed by atoms with Crippen LogP contribution in [-0.2, 0) is 10.1 Å². The number of aliphatic hydroxyl groups excluding tert-OH is 1. The summed E-state index contributed by atoms with van der Waals surface area (Å²) in [4.78, 5) is 11.9. The molecule has 6 nitrogen and oxygen atoms in total. The molecule has 0 spiro atoms. The molecule has 0 saturated carbocycles. The zero-order chi connectivity index (χ0) is 20.7. The van der Waals surface area contributed by atoms with Crippen molar-refractivity contribution in [1.29, 1.82) is 0 Å². The summed E-state index contributed by atoms with van der Waals surface area (Å²) in [7, 11) is -4.02. The van der Waals surface area contributed by atoms with Gasteiger partial charge in [0, 0.05) is 0 Å². The normalized spacial score (nSPS) is 11.8. The number of carbonyl (C=O) groups is 1. The van der Waals surface area contributed by atoms with Gasteiger partial charge in [-0.05, 0) is 36.8 Å². The number of aliphatic hydroxyl groups is 1. The number of phenols is 1. The van der Waals surface area contributed by atoms with Crippen molar-refractivity contribution < 1.29 is 28.0 Å². The predicted molar refractivity (Wildman–Crippen MR) is 105 cm³/mol. The van der Waals surface area contributed by atoms with E-state index in [1.165, 1.54) is 24.3 Å². The molecule has 0 fully saturated rings. The first-order valence-electron chi connectivity index (χ1n) is 8.29. The van der Waals surface area contributed by atoms with Crippen LogP contribution < -0.4 is 0 Å². The lowest BCUT2D eigenvalue weighted by Gasteiger charge is -2.10. The van der Waals surface area contributed by atoms with Gasteiger partial charge in [-0.3, -0.25) is 9.35 Å². The number of ketones is 1. The highest BCUT2D eigenvalue weighted by atomic mass is 32.2. The molecule has 3 N–H and O–H groups in total. The molecule has 3 rings (SSSR count). The van der Waals surface area contributed by atoms with E-state index in [4.69, 9.17) is 4.55 Å². The quantitative estimate of drug-likeness (QED) is 0.456. The average Bonchev–Trinajstić information content (AvgIpc) is 2.68. The number of aromatic hydroxyl groups is 1. The number of aryl methyl sites for hydroxylation is 1. The fraction of sp³-hybridized carbons (Fsp3) is 0.0952.